The summed E-state index contributed by atoms with van der Waals surface area (Å²) in [5.41, 5.74) is 4.37. The van der Waals surface area contributed by atoms with E-state index < -0.39 is 30.6 Å². The van der Waals surface area contributed by atoms with Crippen LogP contribution in [0, 0.1) is 0 Å². The van der Waals surface area contributed by atoms with Crippen LogP contribution < -0.4 is 5.32 Å². The molecule has 1 atom stereocenters. The van der Waals surface area contributed by atoms with Gasteiger partial charge in [-0.05, 0) is 29.2 Å². The number of carboxylic acids is 1. The normalized spacial score (nSPS) is 13.1. The highest BCUT2D eigenvalue weighted by Gasteiger charge is 2.30. The van der Waals surface area contributed by atoms with Crippen LogP contribution in [0.1, 0.15) is 24.0 Å². The first-order valence-electron chi connectivity index (χ1n) is 9.65. The van der Waals surface area contributed by atoms with Crippen LogP contribution in [0.4, 0.5) is 4.79 Å². The Bertz CT molecular complexity index is 899. The zero-order chi connectivity index (χ0) is 21.7. The van der Waals surface area contributed by atoms with Crippen molar-refractivity contribution in [3.05, 3.63) is 59.7 Å². The zero-order valence-electron chi connectivity index (χ0n) is 16.6. The van der Waals surface area contributed by atoms with Crippen molar-refractivity contribution in [2.24, 2.45) is 0 Å². The molecule has 0 aromatic heterocycles. The van der Waals surface area contributed by atoms with Crippen molar-refractivity contribution in [2.75, 3.05) is 26.3 Å². The Labute approximate surface area is 174 Å². The number of carbonyl (C=O) groups excluding carboxylic acids is 2. The molecule has 0 unspecified atom stereocenters. The molecule has 1 aliphatic rings. The van der Waals surface area contributed by atoms with E-state index in [1.54, 1.807) is 0 Å². The summed E-state index contributed by atoms with van der Waals surface area (Å²) in [7, 11) is 0. The summed E-state index contributed by atoms with van der Waals surface area (Å²) >= 11 is 0. The van der Waals surface area contributed by atoms with E-state index in [1.165, 1.54) is 6.92 Å². The van der Waals surface area contributed by atoms with Gasteiger partial charge in [-0.3, -0.25) is 9.59 Å². The number of alkyl carbamates (subject to hydrolysis) is 1. The summed E-state index contributed by atoms with van der Waals surface area (Å²) in [6.07, 6.45) is -0.767. The van der Waals surface area contributed by atoms with Crippen molar-refractivity contribution < 1.29 is 29.3 Å². The predicted octanol–water partition coefficient (Wildman–Crippen LogP) is 1.82. The van der Waals surface area contributed by atoms with Crippen LogP contribution in [0.15, 0.2) is 48.5 Å². The van der Waals surface area contributed by atoms with Gasteiger partial charge in [0, 0.05) is 12.5 Å². The number of amides is 2. The molecule has 0 heterocycles. The average Bonchev–Trinajstić information content (AvgIpc) is 3.05. The highest BCUT2D eigenvalue weighted by Crippen LogP contribution is 2.44. The molecule has 0 bridgehead atoms. The Morgan fingerprint density at radius 1 is 1.07 bits per heavy atom. The van der Waals surface area contributed by atoms with Crippen LogP contribution in [0.2, 0.25) is 0 Å². The zero-order valence-corrected chi connectivity index (χ0v) is 16.6. The number of hydrogen-bond donors (Lipinski definition) is 3. The number of fused-ring (bicyclic) bond motifs is 3. The molecule has 158 valence electrons. The highest BCUT2D eigenvalue weighted by atomic mass is 16.5. The first kappa shape index (κ1) is 21.3. The maximum atomic E-state index is 12.4. The minimum absolute atomic E-state index is 0.105. The molecule has 0 fully saturated rings. The first-order valence-corrected chi connectivity index (χ1v) is 9.65. The number of hydrogen-bond acceptors (Lipinski definition) is 5. The third-order valence-corrected chi connectivity index (χ3v) is 5.06. The van der Waals surface area contributed by atoms with E-state index in [2.05, 4.69) is 5.32 Å². The minimum atomic E-state index is -1.20. The van der Waals surface area contributed by atoms with Crippen molar-refractivity contribution in [1.82, 2.24) is 10.2 Å². The lowest BCUT2D eigenvalue weighted by atomic mass is 9.98. The van der Waals surface area contributed by atoms with Gasteiger partial charge >= 0.3 is 12.1 Å². The van der Waals surface area contributed by atoms with Gasteiger partial charge in [0.05, 0.1) is 6.61 Å². The SMILES string of the molecule is C[C@@H](NC(=O)OCC1c2ccccc2-c2ccccc21)C(=O)N(CCO)CC(=O)O. The van der Waals surface area contributed by atoms with Gasteiger partial charge in [-0.15, -0.1) is 0 Å². The summed E-state index contributed by atoms with van der Waals surface area (Å²) in [5.74, 6) is -1.92. The summed E-state index contributed by atoms with van der Waals surface area (Å²) < 4.78 is 5.39. The molecule has 2 amide bonds. The molecule has 0 spiro atoms. The molecule has 0 radical (unpaired) electrons. The fraction of sp³-hybridized carbons (Fsp3) is 0.318. The Balaban J connectivity index is 1.62. The third kappa shape index (κ3) is 4.60. The number of carboxylic acid groups (broad SMARTS) is 1. The van der Waals surface area contributed by atoms with E-state index in [1.807, 2.05) is 48.5 Å². The van der Waals surface area contributed by atoms with Crippen molar-refractivity contribution in [3.63, 3.8) is 0 Å². The van der Waals surface area contributed by atoms with Crippen LogP contribution in [0.3, 0.4) is 0 Å². The van der Waals surface area contributed by atoms with E-state index in [-0.39, 0.29) is 25.7 Å². The first-order chi connectivity index (χ1) is 14.4. The Hall–Kier alpha value is -3.39. The molecule has 8 heteroatoms. The number of benzene rings is 2. The molecule has 0 saturated heterocycles. The van der Waals surface area contributed by atoms with Crippen LogP contribution in [-0.4, -0.2) is 65.4 Å². The monoisotopic (exact) mass is 412 g/mol. The largest absolute Gasteiger partial charge is 0.480 e. The van der Waals surface area contributed by atoms with Crippen molar-refractivity contribution in [2.45, 2.75) is 18.9 Å². The van der Waals surface area contributed by atoms with E-state index in [4.69, 9.17) is 14.9 Å². The Morgan fingerprint density at radius 3 is 2.17 bits per heavy atom. The van der Waals surface area contributed by atoms with Crippen molar-refractivity contribution in [1.29, 1.82) is 0 Å². The van der Waals surface area contributed by atoms with Crippen molar-refractivity contribution in [3.8, 4) is 11.1 Å². The second-order valence-corrected chi connectivity index (χ2v) is 7.07. The van der Waals surface area contributed by atoms with Gasteiger partial charge in [-0.1, -0.05) is 48.5 Å². The fourth-order valence-corrected chi connectivity index (χ4v) is 3.70. The van der Waals surface area contributed by atoms with Gasteiger partial charge in [0.2, 0.25) is 5.91 Å². The number of nitrogens with zero attached hydrogens (tertiary/aromatic N) is 1. The second-order valence-electron chi connectivity index (χ2n) is 7.07. The van der Waals surface area contributed by atoms with Gasteiger partial charge in [0.1, 0.15) is 19.2 Å². The molecule has 30 heavy (non-hydrogen) atoms. The topological polar surface area (TPSA) is 116 Å². The smallest absolute Gasteiger partial charge is 0.407 e. The van der Waals surface area contributed by atoms with Gasteiger partial charge in [-0.2, -0.15) is 0 Å². The minimum Gasteiger partial charge on any atom is -0.480 e. The number of aliphatic hydroxyl groups excluding tert-OH is 1. The molecule has 0 aliphatic heterocycles. The summed E-state index contributed by atoms with van der Waals surface area (Å²) in [5, 5.41) is 20.4. The standard InChI is InChI=1S/C22H24N2O6/c1-14(21(28)24(10-11-25)12-20(26)27)23-22(29)30-13-19-17-8-4-2-6-15(17)16-7-3-5-9-18(16)19/h2-9,14,19,25H,10-13H2,1H3,(H,23,29)(H,26,27)/t14-/m1/s1. The quantitative estimate of drug-likeness (QED) is 0.609. The van der Waals surface area contributed by atoms with Gasteiger partial charge in [-0.25, -0.2) is 4.79 Å². The van der Waals surface area contributed by atoms with Crippen LogP contribution >= 0.6 is 0 Å². The Kier molecular flexibility index (Phi) is 6.68. The number of aliphatic carboxylic acids is 1. The maximum Gasteiger partial charge on any atom is 0.407 e. The molecular formula is C22H24N2O6. The molecular weight excluding hydrogens is 388 g/mol. The molecule has 3 N–H and O–H groups in total. The number of nitrogens with one attached hydrogen (secondary N) is 1. The van der Waals surface area contributed by atoms with E-state index in [0.29, 0.717) is 0 Å². The van der Waals surface area contributed by atoms with Gasteiger partial charge < -0.3 is 25.2 Å². The van der Waals surface area contributed by atoms with Crippen LogP contribution in [0.5, 0.6) is 0 Å². The predicted molar refractivity (Wildman–Crippen MR) is 109 cm³/mol. The van der Waals surface area contributed by atoms with Crippen LogP contribution in [-0.2, 0) is 14.3 Å². The summed E-state index contributed by atoms with van der Waals surface area (Å²) in [4.78, 5) is 36.5. The molecule has 2 aromatic rings. The fourth-order valence-electron chi connectivity index (χ4n) is 3.70. The lowest BCUT2D eigenvalue weighted by Gasteiger charge is -2.24. The summed E-state index contributed by atoms with van der Waals surface area (Å²) in [6.45, 7) is 0.473. The number of rotatable bonds is 8. The number of ether oxygens (including phenoxy) is 1. The maximum absolute atomic E-state index is 12.4. The third-order valence-electron chi connectivity index (χ3n) is 5.06. The number of aliphatic hydroxyl groups is 1. The number of carbonyl (C=O) groups is 3. The second kappa shape index (κ2) is 9.41. The van der Waals surface area contributed by atoms with Crippen LogP contribution in [0.25, 0.3) is 11.1 Å². The summed E-state index contributed by atoms with van der Waals surface area (Å²) in [6, 6.07) is 14.9. The molecule has 3 rings (SSSR count). The Morgan fingerprint density at radius 2 is 1.63 bits per heavy atom. The lowest BCUT2D eigenvalue weighted by molar-refractivity contribution is -0.145. The highest BCUT2D eigenvalue weighted by molar-refractivity contribution is 5.87. The average molecular weight is 412 g/mol. The molecule has 2 aromatic carbocycles. The van der Waals surface area contributed by atoms with E-state index >= 15 is 0 Å². The molecule has 1 aliphatic carbocycles. The molecule has 0 saturated carbocycles. The van der Waals surface area contributed by atoms with E-state index in [0.717, 1.165) is 27.2 Å². The van der Waals surface area contributed by atoms with Gasteiger partial charge in [0.25, 0.3) is 0 Å². The lowest BCUT2D eigenvalue weighted by Crippen LogP contribution is -2.49. The van der Waals surface area contributed by atoms with Crippen molar-refractivity contribution >= 4 is 18.0 Å². The molecule has 8 nitrogen and oxygen atoms in total. The van der Waals surface area contributed by atoms with Gasteiger partial charge in [0.15, 0.2) is 0 Å². The van der Waals surface area contributed by atoms with E-state index in [9.17, 15) is 14.4 Å².